The average Bonchev–Trinajstić information content (AvgIpc) is 2.47. The topological polar surface area (TPSA) is 36.4 Å². The lowest BCUT2D eigenvalue weighted by atomic mass is 9.94. The summed E-state index contributed by atoms with van der Waals surface area (Å²) in [7, 11) is 0. The van der Waals surface area contributed by atoms with Crippen LogP contribution in [0.4, 0.5) is 5.82 Å². The molecular weight excluding hydrogens is 342 g/mol. The van der Waals surface area contributed by atoms with Crippen molar-refractivity contribution in [1.29, 1.82) is 0 Å². The third kappa shape index (κ3) is 3.44. The number of hydrogen-bond donors (Lipinski definition) is 0. The van der Waals surface area contributed by atoms with Crippen LogP contribution in [0.15, 0.2) is 22.8 Å². The zero-order valence-electron chi connectivity index (χ0n) is 11.8. The van der Waals surface area contributed by atoms with Crippen molar-refractivity contribution in [3.05, 3.63) is 22.8 Å². The number of piperazine rings is 1. The van der Waals surface area contributed by atoms with E-state index in [1.807, 2.05) is 30.9 Å². The Kier molecular flexibility index (Phi) is 4.91. The zero-order chi connectivity index (χ0) is 14.8. The normalized spacial score (nSPS) is 16.4. The Hall–Kier alpha value is -0.810. The van der Waals surface area contributed by atoms with Crippen LogP contribution < -0.4 is 4.90 Å². The summed E-state index contributed by atoms with van der Waals surface area (Å²) in [6.07, 6.45) is 1.80. The first-order chi connectivity index (χ1) is 9.44. The van der Waals surface area contributed by atoms with Crippen molar-refractivity contribution in [2.24, 2.45) is 5.41 Å². The van der Waals surface area contributed by atoms with Crippen LogP contribution in [0.2, 0.25) is 0 Å². The summed E-state index contributed by atoms with van der Waals surface area (Å²) < 4.78 is 0.971. The number of anilines is 1. The Morgan fingerprint density at radius 2 is 2.00 bits per heavy atom. The smallest absolute Gasteiger partial charge is 0.229 e. The molecule has 0 saturated carbocycles. The van der Waals surface area contributed by atoms with Crippen molar-refractivity contribution in [3.8, 4) is 0 Å². The highest BCUT2D eigenvalue weighted by molar-refractivity contribution is 9.10. The Morgan fingerprint density at radius 1 is 1.35 bits per heavy atom. The van der Waals surface area contributed by atoms with E-state index in [2.05, 4.69) is 25.8 Å². The van der Waals surface area contributed by atoms with E-state index < -0.39 is 5.41 Å². The molecule has 0 aromatic carbocycles. The van der Waals surface area contributed by atoms with Crippen LogP contribution in [0, 0.1) is 5.41 Å². The SMILES string of the molecule is CC(C)(CCl)C(=O)N1CCN(c2ccc(Br)cn2)CC1. The van der Waals surface area contributed by atoms with Crippen LogP contribution >= 0.6 is 27.5 Å². The molecule has 1 aliphatic rings. The van der Waals surface area contributed by atoms with Crippen LogP contribution in [0.3, 0.4) is 0 Å². The average molecular weight is 361 g/mol. The molecule has 20 heavy (non-hydrogen) atoms. The molecule has 0 spiro atoms. The molecule has 1 aromatic heterocycles. The van der Waals surface area contributed by atoms with Gasteiger partial charge >= 0.3 is 0 Å². The van der Waals surface area contributed by atoms with Gasteiger partial charge in [-0.2, -0.15) is 0 Å². The van der Waals surface area contributed by atoms with Gasteiger partial charge < -0.3 is 9.80 Å². The number of pyridine rings is 1. The highest BCUT2D eigenvalue weighted by Crippen LogP contribution is 2.23. The maximum absolute atomic E-state index is 12.3. The second-order valence-electron chi connectivity index (χ2n) is 5.63. The van der Waals surface area contributed by atoms with Gasteiger partial charge in [0.2, 0.25) is 5.91 Å². The minimum Gasteiger partial charge on any atom is -0.353 e. The minimum atomic E-state index is -0.487. The summed E-state index contributed by atoms with van der Waals surface area (Å²) in [4.78, 5) is 20.8. The van der Waals surface area contributed by atoms with Crippen LogP contribution in [-0.2, 0) is 4.79 Å². The van der Waals surface area contributed by atoms with E-state index >= 15 is 0 Å². The molecule has 1 fully saturated rings. The number of alkyl halides is 1. The third-order valence-electron chi connectivity index (χ3n) is 3.52. The van der Waals surface area contributed by atoms with E-state index in [1.54, 1.807) is 6.20 Å². The van der Waals surface area contributed by atoms with Crippen molar-refractivity contribution < 1.29 is 4.79 Å². The lowest BCUT2D eigenvalue weighted by Crippen LogP contribution is -2.52. The summed E-state index contributed by atoms with van der Waals surface area (Å²) in [6.45, 7) is 6.83. The first kappa shape index (κ1) is 15.6. The maximum Gasteiger partial charge on any atom is 0.229 e. The van der Waals surface area contributed by atoms with Crippen molar-refractivity contribution in [2.45, 2.75) is 13.8 Å². The van der Waals surface area contributed by atoms with Crippen LogP contribution in [0.5, 0.6) is 0 Å². The number of aromatic nitrogens is 1. The van der Waals surface area contributed by atoms with Crippen LogP contribution in [-0.4, -0.2) is 47.9 Å². The number of carbonyl (C=O) groups is 1. The van der Waals surface area contributed by atoms with E-state index in [9.17, 15) is 4.79 Å². The number of nitrogens with zero attached hydrogens (tertiary/aromatic N) is 3. The van der Waals surface area contributed by atoms with E-state index in [0.717, 1.165) is 36.5 Å². The van der Waals surface area contributed by atoms with Crippen molar-refractivity contribution >= 4 is 39.3 Å². The molecule has 1 amide bonds. The molecule has 1 aliphatic heterocycles. The number of amides is 1. The summed E-state index contributed by atoms with van der Waals surface area (Å²) >= 11 is 9.26. The lowest BCUT2D eigenvalue weighted by Gasteiger charge is -2.38. The predicted molar refractivity (Wildman–Crippen MR) is 85.2 cm³/mol. The first-order valence-electron chi connectivity index (χ1n) is 6.66. The fourth-order valence-electron chi connectivity index (χ4n) is 2.18. The molecule has 0 unspecified atom stereocenters. The van der Waals surface area contributed by atoms with Gasteiger partial charge in [0, 0.05) is 42.7 Å². The number of halogens is 2. The zero-order valence-corrected chi connectivity index (χ0v) is 14.1. The molecule has 110 valence electrons. The minimum absolute atomic E-state index is 0.135. The van der Waals surface area contributed by atoms with Gasteiger partial charge in [-0.15, -0.1) is 11.6 Å². The Balaban J connectivity index is 1.96. The summed E-state index contributed by atoms with van der Waals surface area (Å²) in [5, 5.41) is 0. The second-order valence-corrected chi connectivity index (χ2v) is 6.81. The standard InChI is InChI=1S/C14H19BrClN3O/c1-14(2,10-16)13(20)19-7-5-18(6-8-19)12-4-3-11(15)9-17-12/h3-4,9H,5-8,10H2,1-2H3. The summed E-state index contributed by atoms with van der Waals surface area (Å²) in [6, 6.07) is 3.97. The van der Waals surface area contributed by atoms with E-state index in [1.165, 1.54) is 0 Å². The van der Waals surface area contributed by atoms with Crippen molar-refractivity contribution in [3.63, 3.8) is 0 Å². The van der Waals surface area contributed by atoms with Gasteiger partial charge in [-0.25, -0.2) is 4.98 Å². The maximum atomic E-state index is 12.3. The highest BCUT2D eigenvalue weighted by Gasteiger charge is 2.33. The van der Waals surface area contributed by atoms with E-state index in [4.69, 9.17) is 11.6 Å². The molecule has 4 nitrogen and oxygen atoms in total. The molecule has 0 radical (unpaired) electrons. The van der Waals surface area contributed by atoms with Gasteiger partial charge in [0.15, 0.2) is 0 Å². The highest BCUT2D eigenvalue weighted by atomic mass is 79.9. The Bertz CT molecular complexity index is 470. The van der Waals surface area contributed by atoms with Crippen LogP contribution in [0.1, 0.15) is 13.8 Å². The predicted octanol–water partition coefficient (Wildman–Crippen LogP) is 2.76. The monoisotopic (exact) mass is 359 g/mol. The molecule has 0 atom stereocenters. The van der Waals surface area contributed by atoms with E-state index in [-0.39, 0.29) is 5.91 Å². The Labute approximate surface area is 133 Å². The number of rotatable bonds is 3. The second kappa shape index (κ2) is 6.31. The molecule has 0 N–H and O–H groups in total. The molecule has 0 bridgehead atoms. The fourth-order valence-corrected chi connectivity index (χ4v) is 2.53. The van der Waals surface area contributed by atoms with Gasteiger partial charge in [0.1, 0.15) is 5.82 Å². The molecule has 2 rings (SSSR count). The Morgan fingerprint density at radius 3 is 2.50 bits per heavy atom. The van der Waals surface area contributed by atoms with Gasteiger partial charge in [-0.05, 0) is 41.9 Å². The van der Waals surface area contributed by atoms with Crippen molar-refractivity contribution in [2.75, 3.05) is 37.0 Å². The molecule has 2 heterocycles. The largest absolute Gasteiger partial charge is 0.353 e. The molecule has 6 heteroatoms. The first-order valence-corrected chi connectivity index (χ1v) is 7.98. The summed E-state index contributed by atoms with van der Waals surface area (Å²) in [5.74, 6) is 1.44. The quantitative estimate of drug-likeness (QED) is 0.778. The molecule has 0 aliphatic carbocycles. The lowest BCUT2D eigenvalue weighted by molar-refractivity contribution is -0.139. The summed E-state index contributed by atoms with van der Waals surface area (Å²) in [5.41, 5.74) is -0.487. The van der Waals surface area contributed by atoms with Gasteiger partial charge in [-0.1, -0.05) is 0 Å². The van der Waals surface area contributed by atoms with Crippen LogP contribution in [0.25, 0.3) is 0 Å². The number of carbonyl (C=O) groups excluding carboxylic acids is 1. The van der Waals surface area contributed by atoms with Gasteiger partial charge in [-0.3, -0.25) is 4.79 Å². The van der Waals surface area contributed by atoms with E-state index in [0.29, 0.717) is 5.88 Å². The molecule has 1 aromatic rings. The molecular formula is C14H19BrClN3O. The van der Waals surface area contributed by atoms with Crippen molar-refractivity contribution in [1.82, 2.24) is 9.88 Å². The van der Waals surface area contributed by atoms with Gasteiger partial charge in [0.05, 0.1) is 5.41 Å². The molecule has 1 saturated heterocycles. The van der Waals surface area contributed by atoms with Gasteiger partial charge in [0.25, 0.3) is 0 Å². The third-order valence-corrected chi connectivity index (χ3v) is 4.65. The fraction of sp³-hybridized carbons (Fsp3) is 0.571. The number of hydrogen-bond acceptors (Lipinski definition) is 3.